The first-order chi connectivity index (χ1) is 6.60. The normalized spacial score (nSPS) is 32.9. The van der Waals surface area contributed by atoms with E-state index in [1.807, 2.05) is 0 Å². The Morgan fingerprint density at radius 2 is 2.07 bits per heavy atom. The van der Waals surface area contributed by atoms with Crippen molar-refractivity contribution in [2.24, 2.45) is 11.3 Å². The zero-order valence-corrected chi connectivity index (χ0v) is 8.76. The number of carbonyl (C=O) groups is 1. The van der Waals surface area contributed by atoms with E-state index in [1.54, 1.807) is 0 Å². The van der Waals surface area contributed by atoms with Gasteiger partial charge in [0, 0.05) is 0 Å². The van der Waals surface area contributed by atoms with Gasteiger partial charge >= 0.3 is 5.97 Å². The molecule has 2 nitrogen and oxygen atoms in total. The molecule has 0 unspecified atom stereocenters. The lowest BCUT2D eigenvalue weighted by Crippen LogP contribution is -2.35. The van der Waals surface area contributed by atoms with Gasteiger partial charge in [-0.05, 0) is 44.4 Å². The second-order valence-electron chi connectivity index (χ2n) is 4.56. The highest BCUT2D eigenvalue weighted by Crippen LogP contribution is 2.42. The Kier molecular flexibility index (Phi) is 3.90. The Bertz CT molecular complexity index is 190. The van der Waals surface area contributed by atoms with E-state index in [9.17, 15) is 14.3 Å². The zero-order chi connectivity index (χ0) is 10.6. The highest BCUT2D eigenvalue weighted by atomic mass is 19.1. The van der Waals surface area contributed by atoms with Crippen LogP contribution in [-0.2, 0) is 4.79 Å². The highest BCUT2D eigenvalue weighted by Gasteiger charge is 2.40. The molecule has 0 aromatic rings. The van der Waals surface area contributed by atoms with Crippen LogP contribution in [0.5, 0.6) is 0 Å². The van der Waals surface area contributed by atoms with E-state index in [1.165, 1.54) is 0 Å². The molecule has 0 atom stereocenters. The second-order valence-corrected chi connectivity index (χ2v) is 4.56. The van der Waals surface area contributed by atoms with Crippen molar-refractivity contribution >= 4 is 5.97 Å². The smallest absolute Gasteiger partial charge is 0.309 e. The molecule has 0 aromatic carbocycles. The van der Waals surface area contributed by atoms with Gasteiger partial charge in [0.15, 0.2) is 0 Å². The van der Waals surface area contributed by atoms with Crippen LogP contribution in [-0.4, -0.2) is 17.8 Å². The van der Waals surface area contributed by atoms with Crippen molar-refractivity contribution in [1.29, 1.82) is 0 Å². The zero-order valence-electron chi connectivity index (χ0n) is 8.76. The first-order valence-electron chi connectivity index (χ1n) is 5.40. The molecule has 1 N–H and O–H groups in total. The molecule has 14 heavy (non-hydrogen) atoms. The summed E-state index contributed by atoms with van der Waals surface area (Å²) in [5.41, 5.74) is -0.612. The fraction of sp³-hybridized carbons (Fsp3) is 0.909. The Labute approximate surface area is 84.5 Å². The van der Waals surface area contributed by atoms with Crippen molar-refractivity contribution < 1.29 is 14.3 Å². The molecule has 0 aromatic heterocycles. The Morgan fingerprint density at radius 1 is 1.50 bits per heavy atom. The molecule has 1 aliphatic carbocycles. The van der Waals surface area contributed by atoms with Gasteiger partial charge in [0.05, 0.1) is 12.1 Å². The number of halogens is 1. The fourth-order valence-electron chi connectivity index (χ4n) is 2.29. The Balaban J connectivity index is 2.58. The van der Waals surface area contributed by atoms with E-state index in [2.05, 4.69) is 6.92 Å². The van der Waals surface area contributed by atoms with Gasteiger partial charge in [-0.15, -0.1) is 0 Å². The molecule has 82 valence electrons. The lowest BCUT2D eigenvalue weighted by atomic mass is 9.68. The fourth-order valence-corrected chi connectivity index (χ4v) is 2.29. The minimum absolute atomic E-state index is 0.390. The van der Waals surface area contributed by atoms with Gasteiger partial charge < -0.3 is 5.11 Å². The molecule has 0 aliphatic heterocycles. The van der Waals surface area contributed by atoms with Crippen LogP contribution in [0.15, 0.2) is 0 Å². The maximum Gasteiger partial charge on any atom is 0.309 e. The topological polar surface area (TPSA) is 37.3 Å². The summed E-state index contributed by atoms with van der Waals surface area (Å²) in [6.45, 7) is 1.76. The molecule has 3 heteroatoms. The minimum Gasteiger partial charge on any atom is -0.481 e. The number of rotatable bonds is 4. The van der Waals surface area contributed by atoms with Gasteiger partial charge in [0.25, 0.3) is 0 Å². The maximum absolute atomic E-state index is 12.1. The molecule has 0 radical (unpaired) electrons. The molecule has 1 fully saturated rings. The molecular formula is C11H19FO2. The second kappa shape index (κ2) is 4.76. The third-order valence-electron chi connectivity index (χ3n) is 3.47. The van der Waals surface area contributed by atoms with Crippen molar-refractivity contribution in [3.8, 4) is 0 Å². The first-order valence-corrected chi connectivity index (χ1v) is 5.40. The molecule has 0 bridgehead atoms. The Hall–Kier alpha value is -0.600. The summed E-state index contributed by atoms with van der Waals surface area (Å²) in [7, 11) is 0. The van der Waals surface area contributed by atoms with Crippen molar-refractivity contribution in [3.05, 3.63) is 0 Å². The first kappa shape index (κ1) is 11.5. The molecule has 0 heterocycles. The quantitative estimate of drug-likeness (QED) is 0.760. The summed E-state index contributed by atoms with van der Waals surface area (Å²) in [6, 6.07) is 0. The predicted octanol–water partition coefficient (Wildman–Crippen LogP) is 3.02. The van der Waals surface area contributed by atoms with E-state index in [-0.39, 0.29) is 0 Å². The van der Waals surface area contributed by atoms with Crippen molar-refractivity contribution in [3.63, 3.8) is 0 Å². The van der Waals surface area contributed by atoms with Crippen molar-refractivity contribution in [2.75, 3.05) is 6.67 Å². The van der Waals surface area contributed by atoms with E-state index >= 15 is 0 Å². The molecule has 1 saturated carbocycles. The van der Waals surface area contributed by atoms with Crippen LogP contribution in [0.2, 0.25) is 0 Å². The number of carboxylic acids is 1. The van der Waals surface area contributed by atoms with Crippen LogP contribution < -0.4 is 0 Å². The van der Waals surface area contributed by atoms with Crippen LogP contribution in [0.3, 0.4) is 0 Å². The summed E-state index contributed by atoms with van der Waals surface area (Å²) in [6.07, 6.45) is 4.29. The van der Waals surface area contributed by atoms with E-state index < -0.39 is 18.1 Å². The molecule has 1 aliphatic rings. The van der Waals surface area contributed by atoms with Gasteiger partial charge in [0.1, 0.15) is 0 Å². The molecule has 0 saturated heterocycles. The van der Waals surface area contributed by atoms with E-state index in [4.69, 9.17) is 0 Å². The molecular weight excluding hydrogens is 183 g/mol. The van der Waals surface area contributed by atoms with Gasteiger partial charge in [-0.1, -0.05) is 6.92 Å². The van der Waals surface area contributed by atoms with E-state index in [0.29, 0.717) is 18.8 Å². The van der Waals surface area contributed by atoms with Crippen LogP contribution in [0.25, 0.3) is 0 Å². The number of aliphatic carboxylic acids is 1. The number of alkyl halides is 1. The standard InChI is InChI=1S/C11H19FO2/c1-9-3-6-11(7-4-9,10(13)14)5-2-8-12/h9H,2-8H2,1H3,(H,13,14). The lowest BCUT2D eigenvalue weighted by molar-refractivity contribution is -0.152. The summed E-state index contributed by atoms with van der Waals surface area (Å²) >= 11 is 0. The minimum atomic E-state index is -0.724. The van der Waals surface area contributed by atoms with Crippen LogP contribution in [0.4, 0.5) is 4.39 Å². The summed E-state index contributed by atoms with van der Waals surface area (Å²) in [4.78, 5) is 11.2. The average Bonchev–Trinajstić information content (AvgIpc) is 2.17. The highest BCUT2D eigenvalue weighted by molar-refractivity contribution is 5.74. The van der Waals surface area contributed by atoms with Gasteiger partial charge in [0.2, 0.25) is 0 Å². The van der Waals surface area contributed by atoms with Crippen LogP contribution in [0.1, 0.15) is 45.4 Å². The van der Waals surface area contributed by atoms with Crippen LogP contribution in [0, 0.1) is 11.3 Å². The third kappa shape index (κ3) is 2.46. The molecule has 1 rings (SSSR count). The lowest BCUT2D eigenvalue weighted by Gasteiger charge is -2.35. The van der Waals surface area contributed by atoms with E-state index in [0.717, 1.165) is 25.7 Å². The van der Waals surface area contributed by atoms with Gasteiger partial charge in [-0.2, -0.15) is 0 Å². The van der Waals surface area contributed by atoms with Crippen molar-refractivity contribution in [2.45, 2.75) is 45.4 Å². The average molecular weight is 202 g/mol. The Morgan fingerprint density at radius 3 is 2.50 bits per heavy atom. The number of hydrogen-bond acceptors (Lipinski definition) is 1. The summed E-state index contributed by atoms with van der Waals surface area (Å²) in [5.74, 6) is -0.0919. The molecule has 0 amide bonds. The summed E-state index contributed by atoms with van der Waals surface area (Å²) in [5, 5.41) is 9.18. The number of carboxylic acid groups (broad SMARTS) is 1. The molecule has 0 spiro atoms. The van der Waals surface area contributed by atoms with Crippen LogP contribution >= 0.6 is 0 Å². The monoisotopic (exact) mass is 202 g/mol. The SMILES string of the molecule is CC1CCC(CCCF)(C(=O)O)CC1. The van der Waals surface area contributed by atoms with Crippen molar-refractivity contribution in [1.82, 2.24) is 0 Å². The maximum atomic E-state index is 12.1. The third-order valence-corrected chi connectivity index (χ3v) is 3.47. The van der Waals surface area contributed by atoms with Gasteiger partial charge in [-0.25, -0.2) is 0 Å². The van der Waals surface area contributed by atoms with Gasteiger partial charge in [-0.3, -0.25) is 9.18 Å². The summed E-state index contributed by atoms with van der Waals surface area (Å²) < 4.78 is 12.1. The largest absolute Gasteiger partial charge is 0.481 e. The predicted molar refractivity (Wildman–Crippen MR) is 52.9 cm³/mol. The number of hydrogen-bond donors (Lipinski definition) is 1.